The summed E-state index contributed by atoms with van der Waals surface area (Å²) < 4.78 is 6.16. The summed E-state index contributed by atoms with van der Waals surface area (Å²) in [5.74, 6) is 0.855. The molecule has 26 heavy (non-hydrogen) atoms. The van der Waals surface area contributed by atoms with Crippen molar-refractivity contribution in [2.75, 3.05) is 5.32 Å². The Morgan fingerprint density at radius 3 is 2.69 bits per heavy atom. The molecule has 0 saturated heterocycles. The van der Waals surface area contributed by atoms with Crippen LogP contribution in [0, 0.1) is 6.92 Å². The van der Waals surface area contributed by atoms with Crippen molar-refractivity contribution in [2.24, 2.45) is 0 Å². The highest BCUT2D eigenvalue weighted by molar-refractivity contribution is 6.00. The lowest BCUT2D eigenvalue weighted by Crippen LogP contribution is -1.93. The molecule has 0 amide bonds. The minimum Gasteiger partial charge on any atom is -0.452 e. The van der Waals surface area contributed by atoms with Crippen molar-refractivity contribution in [3.8, 4) is 11.3 Å². The monoisotopic (exact) mass is 340 g/mol. The standard InChI is InChI=1S/C23H20N2O/c1-15-5-7-17(8-6-15)23-22(20-11-12-24-14-21(20)26-23)25-19-10-9-16-3-2-4-18(16)13-19/h5-14,25H,2-4H2,1H3. The fourth-order valence-electron chi connectivity index (χ4n) is 3.78. The number of nitrogens with one attached hydrogen (secondary N) is 1. The smallest absolute Gasteiger partial charge is 0.158 e. The van der Waals surface area contributed by atoms with Crippen LogP contribution in [0.5, 0.6) is 0 Å². The molecule has 0 unspecified atom stereocenters. The van der Waals surface area contributed by atoms with Gasteiger partial charge >= 0.3 is 0 Å². The lowest BCUT2D eigenvalue weighted by molar-refractivity contribution is 0.631. The molecule has 3 heteroatoms. The van der Waals surface area contributed by atoms with Crippen molar-refractivity contribution < 1.29 is 4.42 Å². The molecule has 0 radical (unpaired) electrons. The molecule has 0 bridgehead atoms. The Morgan fingerprint density at radius 2 is 1.81 bits per heavy atom. The summed E-state index contributed by atoms with van der Waals surface area (Å²) >= 11 is 0. The van der Waals surface area contributed by atoms with Crippen LogP contribution in [0.4, 0.5) is 11.4 Å². The van der Waals surface area contributed by atoms with E-state index in [1.807, 2.05) is 12.3 Å². The van der Waals surface area contributed by atoms with Crippen LogP contribution in [0.15, 0.2) is 65.3 Å². The fraction of sp³-hybridized carbons (Fsp3) is 0.174. The molecule has 0 fully saturated rings. The van der Waals surface area contributed by atoms with Gasteiger partial charge in [-0.15, -0.1) is 0 Å². The van der Waals surface area contributed by atoms with Gasteiger partial charge in [-0.3, -0.25) is 4.98 Å². The van der Waals surface area contributed by atoms with Crippen molar-refractivity contribution in [2.45, 2.75) is 26.2 Å². The molecule has 0 saturated carbocycles. The second-order valence-corrected chi connectivity index (χ2v) is 7.01. The molecule has 2 aromatic carbocycles. The highest BCUT2D eigenvalue weighted by Crippen LogP contribution is 2.40. The Hall–Kier alpha value is -3.07. The van der Waals surface area contributed by atoms with Gasteiger partial charge in [-0.25, -0.2) is 0 Å². The van der Waals surface area contributed by atoms with E-state index < -0.39 is 0 Å². The number of anilines is 2. The number of aromatic nitrogens is 1. The summed E-state index contributed by atoms with van der Waals surface area (Å²) in [4.78, 5) is 4.21. The van der Waals surface area contributed by atoms with Crippen LogP contribution in [-0.2, 0) is 12.8 Å². The zero-order chi connectivity index (χ0) is 17.5. The van der Waals surface area contributed by atoms with Gasteiger partial charge < -0.3 is 9.73 Å². The molecule has 1 N–H and O–H groups in total. The molecular weight excluding hydrogens is 320 g/mol. The Kier molecular flexibility index (Phi) is 3.52. The number of pyridine rings is 1. The molecule has 2 aromatic heterocycles. The number of benzene rings is 2. The van der Waals surface area contributed by atoms with E-state index in [0.29, 0.717) is 0 Å². The third-order valence-corrected chi connectivity index (χ3v) is 5.17. The maximum atomic E-state index is 6.16. The zero-order valence-electron chi connectivity index (χ0n) is 14.8. The van der Waals surface area contributed by atoms with E-state index in [9.17, 15) is 0 Å². The van der Waals surface area contributed by atoms with Crippen LogP contribution in [0.25, 0.3) is 22.3 Å². The summed E-state index contributed by atoms with van der Waals surface area (Å²) in [6, 6.07) is 17.1. The average Bonchev–Trinajstić information content (AvgIpc) is 3.27. The van der Waals surface area contributed by atoms with Gasteiger partial charge in [-0.05, 0) is 55.5 Å². The first-order valence-electron chi connectivity index (χ1n) is 9.10. The number of furan rings is 1. The number of rotatable bonds is 3. The first kappa shape index (κ1) is 15.2. The molecule has 0 aliphatic heterocycles. The Labute approximate surface area is 152 Å². The first-order valence-corrected chi connectivity index (χ1v) is 9.10. The van der Waals surface area contributed by atoms with Crippen molar-refractivity contribution in [1.29, 1.82) is 0 Å². The maximum Gasteiger partial charge on any atom is 0.158 e. The van der Waals surface area contributed by atoms with Gasteiger partial charge in [-0.2, -0.15) is 0 Å². The molecule has 4 aromatic rings. The highest BCUT2D eigenvalue weighted by atomic mass is 16.3. The van der Waals surface area contributed by atoms with E-state index in [1.54, 1.807) is 6.20 Å². The number of hydrogen-bond acceptors (Lipinski definition) is 3. The second-order valence-electron chi connectivity index (χ2n) is 7.01. The third-order valence-electron chi connectivity index (χ3n) is 5.17. The molecule has 0 spiro atoms. The molecule has 1 aliphatic carbocycles. The second kappa shape index (κ2) is 6.03. The highest BCUT2D eigenvalue weighted by Gasteiger charge is 2.17. The van der Waals surface area contributed by atoms with Gasteiger partial charge in [0, 0.05) is 22.8 Å². The topological polar surface area (TPSA) is 38.1 Å². The van der Waals surface area contributed by atoms with Crippen LogP contribution in [0.1, 0.15) is 23.1 Å². The minimum absolute atomic E-state index is 0.798. The van der Waals surface area contributed by atoms with Crippen LogP contribution in [0.3, 0.4) is 0 Å². The van der Waals surface area contributed by atoms with Gasteiger partial charge in [0.1, 0.15) is 0 Å². The minimum atomic E-state index is 0.798. The summed E-state index contributed by atoms with van der Waals surface area (Å²) in [7, 11) is 0. The van der Waals surface area contributed by atoms with Crippen molar-refractivity contribution >= 4 is 22.3 Å². The van der Waals surface area contributed by atoms with E-state index >= 15 is 0 Å². The molecule has 128 valence electrons. The van der Waals surface area contributed by atoms with E-state index in [0.717, 1.165) is 33.7 Å². The average molecular weight is 340 g/mol. The lowest BCUT2D eigenvalue weighted by atomic mass is 10.1. The molecule has 5 rings (SSSR count). The summed E-state index contributed by atoms with van der Waals surface area (Å²) in [6.07, 6.45) is 7.22. The first-order chi connectivity index (χ1) is 12.8. The fourth-order valence-corrected chi connectivity index (χ4v) is 3.78. The Morgan fingerprint density at radius 1 is 0.962 bits per heavy atom. The van der Waals surface area contributed by atoms with E-state index in [4.69, 9.17) is 4.42 Å². The predicted octanol–water partition coefficient (Wildman–Crippen LogP) is 6.04. The molecule has 1 aliphatic rings. The predicted molar refractivity (Wildman–Crippen MR) is 106 cm³/mol. The van der Waals surface area contributed by atoms with Crippen LogP contribution >= 0.6 is 0 Å². The van der Waals surface area contributed by atoms with E-state index in [1.165, 1.54) is 36.0 Å². The van der Waals surface area contributed by atoms with Crippen molar-refractivity contribution in [3.05, 3.63) is 77.6 Å². The van der Waals surface area contributed by atoms with Crippen molar-refractivity contribution in [1.82, 2.24) is 4.98 Å². The molecule has 2 heterocycles. The summed E-state index contributed by atoms with van der Waals surface area (Å²) in [5.41, 5.74) is 8.15. The molecular formula is C23H20N2O. The quantitative estimate of drug-likeness (QED) is 0.494. The Bertz CT molecular complexity index is 1090. The van der Waals surface area contributed by atoms with E-state index in [2.05, 4.69) is 59.7 Å². The van der Waals surface area contributed by atoms with E-state index in [-0.39, 0.29) is 0 Å². The lowest BCUT2D eigenvalue weighted by Gasteiger charge is -2.10. The molecule has 3 nitrogen and oxygen atoms in total. The maximum absolute atomic E-state index is 6.16. The zero-order valence-corrected chi connectivity index (χ0v) is 14.8. The summed E-state index contributed by atoms with van der Waals surface area (Å²) in [5, 5.41) is 4.67. The largest absolute Gasteiger partial charge is 0.452 e. The normalized spacial score (nSPS) is 13.1. The Balaban J connectivity index is 1.63. The van der Waals surface area contributed by atoms with Gasteiger partial charge in [0.15, 0.2) is 11.3 Å². The van der Waals surface area contributed by atoms with Crippen LogP contribution in [0.2, 0.25) is 0 Å². The van der Waals surface area contributed by atoms with Gasteiger partial charge in [0.2, 0.25) is 0 Å². The van der Waals surface area contributed by atoms with Crippen LogP contribution in [-0.4, -0.2) is 4.98 Å². The number of fused-ring (bicyclic) bond motifs is 2. The molecule has 0 atom stereocenters. The van der Waals surface area contributed by atoms with Gasteiger partial charge in [-0.1, -0.05) is 35.9 Å². The third kappa shape index (κ3) is 2.57. The van der Waals surface area contributed by atoms with Gasteiger partial charge in [0.05, 0.1) is 11.9 Å². The van der Waals surface area contributed by atoms with Crippen molar-refractivity contribution in [3.63, 3.8) is 0 Å². The number of hydrogen-bond donors (Lipinski definition) is 1. The van der Waals surface area contributed by atoms with Crippen LogP contribution < -0.4 is 5.32 Å². The summed E-state index contributed by atoms with van der Waals surface area (Å²) in [6.45, 7) is 2.09. The SMILES string of the molecule is Cc1ccc(-c2oc3cnccc3c2Nc2ccc3c(c2)CCC3)cc1. The number of aryl methyl sites for hydroxylation is 3. The number of nitrogens with zero attached hydrogens (tertiary/aromatic N) is 1. The van der Waals surface area contributed by atoms with Gasteiger partial charge in [0.25, 0.3) is 0 Å².